The average molecular weight is 299 g/mol. The molecule has 1 aliphatic heterocycles. The fraction of sp³-hybridized carbons (Fsp3) is 0.250. The molecule has 1 fully saturated rings. The summed E-state index contributed by atoms with van der Waals surface area (Å²) in [6, 6.07) is 9.38. The minimum Gasteiger partial charge on any atom is -0.372 e. The van der Waals surface area contributed by atoms with E-state index in [2.05, 4.69) is 10.1 Å². The number of ether oxygens (including phenoxy) is 1. The Morgan fingerprint density at radius 3 is 2.82 bits per heavy atom. The lowest BCUT2D eigenvalue weighted by Crippen LogP contribution is -2.16. The number of hydrogen-bond acceptors (Lipinski definition) is 3. The number of halogens is 1. The van der Waals surface area contributed by atoms with Gasteiger partial charge in [0.1, 0.15) is 5.82 Å². The first-order valence-corrected chi connectivity index (χ1v) is 7.21. The second-order valence-electron chi connectivity index (χ2n) is 5.39. The second kappa shape index (κ2) is 5.06. The SMILES string of the molecule is O=c1cc(C2CCCO2)nc2cc(-c3ccc(F)cc3)[nH]n12. The highest BCUT2D eigenvalue weighted by Crippen LogP contribution is 2.27. The third kappa shape index (κ3) is 2.21. The smallest absolute Gasteiger partial charge is 0.273 e. The van der Waals surface area contributed by atoms with Crippen molar-refractivity contribution in [3.8, 4) is 11.3 Å². The predicted molar refractivity (Wildman–Crippen MR) is 79.1 cm³/mol. The van der Waals surface area contributed by atoms with Crippen molar-refractivity contribution in [2.45, 2.75) is 18.9 Å². The van der Waals surface area contributed by atoms with Crippen LogP contribution in [0.2, 0.25) is 0 Å². The van der Waals surface area contributed by atoms with Crippen LogP contribution in [0.25, 0.3) is 16.9 Å². The molecule has 0 saturated carbocycles. The molecule has 112 valence electrons. The molecule has 3 aromatic rings. The zero-order valence-corrected chi connectivity index (χ0v) is 11.8. The van der Waals surface area contributed by atoms with Crippen LogP contribution in [0.1, 0.15) is 24.6 Å². The maximum absolute atomic E-state index is 13.0. The molecule has 1 unspecified atom stereocenters. The van der Waals surface area contributed by atoms with Crippen molar-refractivity contribution in [1.82, 2.24) is 14.6 Å². The van der Waals surface area contributed by atoms with Gasteiger partial charge in [-0.15, -0.1) is 0 Å². The molecule has 1 saturated heterocycles. The number of rotatable bonds is 2. The molecule has 1 N–H and O–H groups in total. The van der Waals surface area contributed by atoms with Crippen LogP contribution in [0, 0.1) is 5.82 Å². The summed E-state index contributed by atoms with van der Waals surface area (Å²) >= 11 is 0. The van der Waals surface area contributed by atoms with Crippen LogP contribution in [0.4, 0.5) is 4.39 Å². The first kappa shape index (κ1) is 13.2. The topological polar surface area (TPSA) is 59.4 Å². The van der Waals surface area contributed by atoms with Crippen molar-refractivity contribution in [1.29, 1.82) is 0 Å². The Kier molecular flexibility index (Phi) is 3.04. The van der Waals surface area contributed by atoms with Gasteiger partial charge in [-0.25, -0.2) is 13.9 Å². The van der Waals surface area contributed by atoms with Crippen molar-refractivity contribution in [2.75, 3.05) is 6.61 Å². The molecule has 4 rings (SSSR count). The van der Waals surface area contributed by atoms with Gasteiger partial charge < -0.3 is 4.74 Å². The molecule has 1 aliphatic rings. The summed E-state index contributed by atoms with van der Waals surface area (Å²) in [5.41, 5.74) is 2.55. The van der Waals surface area contributed by atoms with E-state index in [0.717, 1.165) is 18.4 Å². The Labute approximate surface area is 125 Å². The molecular weight excluding hydrogens is 285 g/mol. The highest BCUT2D eigenvalue weighted by atomic mass is 19.1. The van der Waals surface area contributed by atoms with Crippen LogP contribution in [0.5, 0.6) is 0 Å². The number of benzene rings is 1. The van der Waals surface area contributed by atoms with Crippen LogP contribution in [-0.4, -0.2) is 21.2 Å². The van der Waals surface area contributed by atoms with E-state index < -0.39 is 0 Å². The van der Waals surface area contributed by atoms with Crippen LogP contribution in [0.15, 0.2) is 41.2 Å². The van der Waals surface area contributed by atoms with Gasteiger partial charge in [-0.05, 0) is 42.7 Å². The van der Waals surface area contributed by atoms with Gasteiger partial charge in [-0.2, -0.15) is 0 Å². The molecule has 0 bridgehead atoms. The fourth-order valence-corrected chi connectivity index (χ4v) is 2.76. The van der Waals surface area contributed by atoms with E-state index in [1.807, 2.05) is 0 Å². The third-order valence-corrected chi connectivity index (χ3v) is 3.88. The number of nitrogens with one attached hydrogen (secondary N) is 1. The molecule has 0 spiro atoms. The van der Waals surface area contributed by atoms with Gasteiger partial charge in [-0.3, -0.25) is 9.89 Å². The molecule has 0 amide bonds. The predicted octanol–water partition coefficient (Wildman–Crippen LogP) is 2.68. The molecule has 0 radical (unpaired) electrons. The van der Waals surface area contributed by atoms with Crippen molar-refractivity contribution in [2.24, 2.45) is 0 Å². The molecular formula is C16H14FN3O2. The number of H-pyrrole nitrogens is 1. The summed E-state index contributed by atoms with van der Waals surface area (Å²) in [5, 5.41) is 3.00. The number of aromatic amines is 1. The first-order valence-electron chi connectivity index (χ1n) is 7.21. The van der Waals surface area contributed by atoms with Gasteiger partial charge in [-0.1, -0.05) is 0 Å². The zero-order valence-electron chi connectivity index (χ0n) is 11.8. The van der Waals surface area contributed by atoms with Gasteiger partial charge >= 0.3 is 0 Å². The van der Waals surface area contributed by atoms with E-state index in [-0.39, 0.29) is 17.5 Å². The van der Waals surface area contributed by atoms with E-state index in [1.54, 1.807) is 18.2 Å². The molecule has 6 heteroatoms. The normalized spacial score (nSPS) is 18.1. The number of nitrogens with zero attached hydrogens (tertiary/aromatic N) is 2. The summed E-state index contributed by atoms with van der Waals surface area (Å²) < 4.78 is 20.0. The Hall–Kier alpha value is -2.47. The van der Waals surface area contributed by atoms with Crippen LogP contribution >= 0.6 is 0 Å². The van der Waals surface area contributed by atoms with E-state index in [0.29, 0.717) is 23.6 Å². The number of aromatic nitrogens is 3. The second-order valence-corrected chi connectivity index (χ2v) is 5.39. The van der Waals surface area contributed by atoms with Crippen molar-refractivity contribution in [3.63, 3.8) is 0 Å². The molecule has 5 nitrogen and oxygen atoms in total. The monoisotopic (exact) mass is 299 g/mol. The minimum atomic E-state index is -0.296. The zero-order chi connectivity index (χ0) is 15.1. The maximum Gasteiger partial charge on any atom is 0.273 e. The summed E-state index contributed by atoms with van der Waals surface area (Å²) in [6.07, 6.45) is 1.78. The van der Waals surface area contributed by atoms with Gasteiger partial charge in [0.05, 0.1) is 17.5 Å². The Morgan fingerprint density at radius 2 is 2.09 bits per heavy atom. The van der Waals surface area contributed by atoms with Gasteiger partial charge in [0.15, 0.2) is 5.65 Å². The summed E-state index contributed by atoms with van der Waals surface area (Å²) in [7, 11) is 0. The van der Waals surface area contributed by atoms with Gasteiger partial charge in [0.25, 0.3) is 5.56 Å². The van der Waals surface area contributed by atoms with E-state index >= 15 is 0 Å². The third-order valence-electron chi connectivity index (χ3n) is 3.88. The van der Waals surface area contributed by atoms with Gasteiger partial charge in [0, 0.05) is 18.7 Å². The molecule has 22 heavy (non-hydrogen) atoms. The maximum atomic E-state index is 13.0. The van der Waals surface area contributed by atoms with Crippen LogP contribution in [-0.2, 0) is 4.74 Å². The highest BCUT2D eigenvalue weighted by Gasteiger charge is 2.20. The molecule has 1 aromatic carbocycles. The molecule has 0 aliphatic carbocycles. The van der Waals surface area contributed by atoms with Gasteiger partial charge in [0.2, 0.25) is 0 Å². The highest BCUT2D eigenvalue weighted by molar-refractivity contribution is 5.63. The lowest BCUT2D eigenvalue weighted by Gasteiger charge is -2.07. The van der Waals surface area contributed by atoms with E-state index in [1.165, 1.54) is 22.7 Å². The Balaban J connectivity index is 1.81. The Bertz CT molecular complexity index is 877. The summed E-state index contributed by atoms with van der Waals surface area (Å²) in [6.45, 7) is 0.708. The molecule has 3 heterocycles. The fourth-order valence-electron chi connectivity index (χ4n) is 2.76. The standard InChI is InChI=1S/C16H14FN3O2/c17-11-5-3-10(4-6-11)12-8-15-18-13(14-2-1-7-22-14)9-16(21)20(15)19-12/h3-6,8-9,14,19H,1-2,7H2. The first-order chi connectivity index (χ1) is 10.7. The lowest BCUT2D eigenvalue weighted by molar-refractivity contribution is 0.108. The van der Waals surface area contributed by atoms with Crippen molar-refractivity contribution >= 4 is 5.65 Å². The quantitative estimate of drug-likeness (QED) is 0.791. The average Bonchev–Trinajstić information content (AvgIpc) is 3.17. The largest absolute Gasteiger partial charge is 0.372 e. The minimum absolute atomic E-state index is 0.0955. The number of hydrogen-bond donors (Lipinski definition) is 1. The number of fused-ring (bicyclic) bond motifs is 1. The molecule has 2 aromatic heterocycles. The summed E-state index contributed by atoms with van der Waals surface area (Å²) in [5.74, 6) is -0.296. The van der Waals surface area contributed by atoms with E-state index in [4.69, 9.17) is 4.74 Å². The Morgan fingerprint density at radius 1 is 1.27 bits per heavy atom. The molecule has 1 atom stereocenters. The van der Waals surface area contributed by atoms with E-state index in [9.17, 15) is 9.18 Å². The van der Waals surface area contributed by atoms with Crippen molar-refractivity contribution in [3.05, 3.63) is 58.3 Å². The van der Waals surface area contributed by atoms with Crippen LogP contribution in [0.3, 0.4) is 0 Å². The lowest BCUT2D eigenvalue weighted by atomic mass is 10.1. The van der Waals surface area contributed by atoms with Crippen LogP contribution < -0.4 is 5.56 Å². The van der Waals surface area contributed by atoms with Crippen molar-refractivity contribution < 1.29 is 9.13 Å². The summed E-state index contributed by atoms with van der Waals surface area (Å²) in [4.78, 5) is 16.7.